The van der Waals surface area contributed by atoms with Crippen molar-refractivity contribution >= 4 is 22.4 Å². The van der Waals surface area contributed by atoms with E-state index in [-0.39, 0.29) is 24.2 Å². The molecule has 0 aliphatic heterocycles. The highest BCUT2D eigenvalue weighted by Gasteiger charge is 2.14. The van der Waals surface area contributed by atoms with E-state index in [4.69, 9.17) is 5.73 Å². The molecule has 0 radical (unpaired) electrons. The van der Waals surface area contributed by atoms with Crippen molar-refractivity contribution in [2.24, 2.45) is 5.73 Å². The Balaban J connectivity index is 0.00000256. The first-order valence-corrected chi connectivity index (χ1v) is 6.84. The monoisotopic (exact) mass is 278 g/mol. The maximum absolute atomic E-state index is 11.7. The fourth-order valence-corrected chi connectivity index (χ4v) is 2.83. The molecule has 0 bridgehead atoms. The third-order valence-electron chi connectivity index (χ3n) is 2.17. The van der Waals surface area contributed by atoms with Gasteiger partial charge in [-0.1, -0.05) is 29.8 Å². The Morgan fingerprint density at radius 3 is 2.59 bits per heavy atom. The third-order valence-corrected chi connectivity index (χ3v) is 3.65. The van der Waals surface area contributed by atoms with Crippen LogP contribution in [0, 0.1) is 6.92 Å². The number of halogens is 1. The fraction of sp³-hybridized carbons (Fsp3) is 0.455. The van der Waals surface area contributed by atoms with E-state index < -0.39 is 10.0 Å². The van der Waals surface area contributed by atoms with Crippen molar-refractivity contribution in [2.45, 2.75) is 25.6 Å². The van der Waals surface area contributed by atoms with Crippen LogP contribution in [0.4, 0.5) is 0 Å². The molecule has 0 aliphatic rings. The summed E-state index contributed by atoms with van der Waals surface area (Å²) in [5, 5.41) is 0. The first-order chi connectivity index (χ1) is 7.43. The number of nitrogens with one attached hydrogen (secondary N) is 1. The number of nitrogens with two attached hydrogens (primary N) is 1. The molecule has 0 saturated heterocycles. The van der Waals surface area contributed by atoms with Gasteiger partial charge in [0.2, 0.25) is 10.0 Å². The van der Waals surface area contributed by atoms with Crippen LogP contribution >= 0.6 is 12.4 Å². The van der Waals surface area contributed by atoms with Crippen LogP contribution < -0.4 is 10.5 Å². The number of rotatable bonds is 5. The average molecular weight is 279 g/mol. The minimum absolute atomic E-state index is 0. The smallest absolute Gasteiger partial charge is 0.216 e. The molecular formula is C11H19ClN2O2S. The van der Waals surface area contributed by atoms with Gasteiger partial charge in [-0.05, 0) is 19.4 Å². The molecule has 0 unspecified atom stereocenters. The topological polar surface area (TPSA) is 72.2 Å². The van der Waals surface area contributed by atoms with Crippen molar-refractivity contribution in [1.82, 2.24) is 4.72 Å². The van der Waals surface area contributed by atoms with Crippen LogP contribution in [-0.2, 0) is 15.8 Å². The van der Waals surface area contributed by atoms with Crippen LogP contribution in [0.25, 0.3) is 0 Å². The highest BCUT2D eigenvalue weighted by atomic mass is 35.5. The lowest BCUT2D eigenvalue weighted by Crippen LogP contribution is -2.38. The molecule has 17 heavy (non-hydrogen) atoms. The highest BCUT2D eigenvalue weighted by Crippen LogP contribution is 2.07. The maximum atomic E-state index is 11.7. The predicted octanol–water partition coefficient (Wildman–Crippen LogP) is 1.18. The minimum atomic E-state index is -3.29. The zero-order chi connectivity index (χ0) is 12.2. The van der Waals surface area contributed by atoms with Crippen LogP contribution in [0.3, 0.4) is 0 Å². The van der Waals surface area contributed by atoms with Crippen LogP contribution in [0.1, 0.15) is 18.1 Å². The summed E-state index contributed by atoms with van der Waals surface area (Å²) in [6, 6.07) is 7.24. The molecule has 6 heteroatoms. The Hall–Kier alpha value is -0.620. The third kappa shape index (κ3) is 6.02. The summed E-state index contributed by atoms with van der Waals surface area (Å²) in [6.07, 6.45) is 0. The molecule has 0 spiro atoms. The van der Waals surface area contributed by atoms with E-state index in [1.54, 1.807) is 13.0 Å². The zero-order valence-electron chi connectivity index (χ0n) is 10.0. The molecule has 1 aromatic rings. The lowest BCUT2D eigenvalue weighted by Gasteiger charge is -2.12. The SMILES string of the molecule is Cc1cccc(CS(=O)(=O)N[C@@H](C)CN)c1.Cl. The van der Waals surface area contributed by atoms with Crippen molar-refractivity contribution in [3.63, 3.8) is 0 Å². The van der Waals surface area contributed by atoms with Gasteiger partial charge in [-0.3, -0.25) is 0 Å². The molecule has 4 nitrogen and oxygen atoms in total. The van der Waals surface area contributed by atoms with E-state index in [1.807, 2.05) is 25.1 Å². The largest absolute Gasteiger partial charge is 0.329 e. The summed E-state index contributed by atoms with van der Waals surface area (Å²) in [4.78, 5) is 0. The van der Waals surface area contributed by atoms with Crippen LogP contribution in [0.2, 0.25) is 0 Å². The molecule has 0 saturated carbocycles. The van der Waals surface area contributed by atoms with E-state index in [0.29, 0.717) is 6.54 Å². The van der Waals surface area contributed by atoms with Crippen molar-refractivity contribution in [2.75, 3.05) is 6.54 Å². The van der Waals surface area contributed by atoms with E-state index in [2.05, 4.69) is 4.72 Å². The number of hydrogen-bond acceptors (Lipinski definition) is 3. The number of sulfonamides is 1. The van der Waals surface area contributed by atoms with E-state index in [1.165, 1.54) is 0 Å². The normalized spacial score (nSPS) is 12.9. The van der Waals surface area contributed by atoms with Gasteiger partial charge in [-0.2, -0.15) is 0 Å². The van der Waals surface area contributed by atoms with E-state index in [0.717, 1.165) is 11.1 Å². The molecule has 0 amide bonds. The van der Waals surface area contributed by atoms with Gasteiger partial charge in [0, 0.05) is 12.6 Å². The van der Waals surface area contributed by atoms with E-state index >= 15 is 0 Å². The molecule has 0 heterocycles. The minimum Gasteiger partial charge on any atom is -0.329 e. The first kappa shape index (κ1) is 16.4. The molecule has 1 atom stereocenters. The van der Waals surface area contributed by atoms with Gasteiger partial charge in [-0.25, -0.2) is 13.1 Å². The van der Waals surface area contributed by atoms with Gasteiger partial charge in [0.05, 0.1) is 5.75 Å². The average Bonchev–Trinajstić information content (AvgIpc) is 2.15. The molecule has 0 aromatic heterocycles. The van der Waals surface area contributed by atoms with Crippen LogP contribution in [0.15, 0.2) is 24.3 Å². The molecule has 0 aliphatic carbocycles. The number of aryl methyl sites for hydroxylation is 1. The Morgan fingerprint density at radius 2 is 2.06 bits per heavy atom. The number of hydrogen-bond donors (Lipinski definition) is 2. The van der Waals surface area contributed by atoms with Gasteiger partial charge in [-0.15, -0.1) is 12.4 Å². The van der Waals surface area contributed by atoms with E-state index in [9.17, 15) is 8.42 Å². The summed E-state index contributed by atoms with van der Waals surface area (Å²) in [6.45, 7) is 3.98. The van der Waals surface area contributed by atoms with Crippen LogP contribution in [0.5, 0.6) is 0 Å². The van der Waals surface area contributed by atoms with Gasteiger partial charge >= 0.3 is 0 Å². The Labute approximate surface area is 109 Å². The summed E-state index contributed by atoms with van der Waals surface area (Å²) in [5.74, 6) is -0.000972. The van der Waals surface area contributed by atoms with Crippen molar-refractivity contribution in [3.05, 3.63) is 35.4 Å². The Morgan fingerprint density at radius 1 is 1.41 bits per heavy atom. The number of benzene rings is 1. The second-order valence-corrected chi connectivity index (χ2v) is 5.76. The Bertz CT molecular complexity index is 449. The van der Waals surface area contributed by atoms with Crippen molar-refractivity contribution < 1.29 is 8.42 Å². The lowest BCUT2D eigenvalue weighted by atomic mass is 10.2. The second kappa shape index (κ2) is 6.96. The lowest BCUT2D eigenvalue weighted by molar-refractivity contribution is 0.562. The molecule has 3 N–H and O–H groups in total. The quantitative estimate of drug-likeness (QED) is 0.850. The summed E-state index contributed by atoms with van der Waals surface area (Å²) < 4.78 is 25.9. The fourth-order valence-electron chi connectivity index (χ4n) is 1.42. The molecule has 1 rings (SSSR count). The Kier molecular flexibility index (Phi) is 6.70. The van der Waals surface area contributed by atoms with Crippen molar-refractivity contribution in [3.8, 4) is 0 Å². The highest BCUT2D eigenvalue weighted by molar-refractivity contribution is 7.88. The van der Waals surface area contributed by atoms with Gasteiger partial charge in [0.25, 0.3) is 0 Å². The second-order valence-electron chi connectivity index (χ2n) is 4.00. The molecule has 0 fully saturated rings. The van der Waals surface area contributed by atoms with Gasteiger partial charge in [0.1, 0.15) is 0 Å². The standard InChI is InChI=1S/C11H18N2O2S.ClH/c1-9-4-3-5-11(6-9)8-16(14,15)13-10(2)7-12;/h3-6,10,13H,7-8,12H2,1-2H3;1H/t10-;/m0./s1. The van der Waals surface area contributed by atoms with Crippen LogP contribution in [-0.4, -0.2) is 21.0 Å². The molecule has 1 aromatic carbocycles. The first-order valence-electron chi connectivity index (χ1n) is 5.18. The summed E-state index contributed by atoms with van der Waals surface area (Å²) in [7, 11) is -3.29. The molecular weight excluding hydrogens is 260 g/mol. The molecule has 98 valence electrons. The summed E-state index contributed by atoms with van der Waals surface area (Å²) >= 11 is 0. The maximum Gasteiger partial charge on any atom is 0.216 e. The van der Waals surface area contributed by atoms with Gasteiger partial charge in [0.15, 0.2) is 0 Å². The summed E-state index contributed by atoms with van der Waals surface area (Å²) in [5.41, 5.74) is 7.21. The zero-order valence-corrected chi connectivity index (χ0v) is 11.6. The van der Waals surface area contributed by atoms with Crippen molar-refractivity contribution in [1.29, 1.82) is 0 Å². The predicted molar refractivity (Wildman–Crippen MR) is 72.7 cm³/mol. The van der Waals surface area contributed by atoms with Gasteiger partial charge < -0.3 is 5.73 Å².